The van der Waals surface area contributed by atoms with Gasteiger partial charge < -0.3 is 9.64 Å². The monoisotopic (exact) mass is 484 g/mol. The summed E-state index contributed by atoms with van der Waals surface area (Å²) in [5, 5.41) is 1.82. The normalized spacial score (nSPS) is 17.5. The summed E-state index contributed by atoms with van der Waals surface area (Å²) in [6, 6.07) is 19.1. The highest BCUT2D eigenvalue weighted by atomic mass is 16.6. The minimum absolute atomic E-state index is 0.00623. The van der Waals surface area contributed by atoms with Gasteiger partial charge in [-0.3, -0.25) is 14.5 Å². The van der Waals surface area contributed by atoms with E-state index in [9.17, 15) is 14.4 Å². The lowest BCUT2D eigenvalue weighted by Gasteiger charge is -2.36. The maximum atomic E-state index is 13.5. The Hall–Kier alpha value is -3.67. The molecule has 1 fully saturated rings. The molecule has 0 aromatic heterocycles. The van der Waals surface area contributed by atoms with E-state index in [1.807, 2.05) is 86.3 Å². The Morgan fingerprint density at radius 2 is 1.75 bits per heavy atom. The number of ether oxygens (including phenoxy) is 1. The van der Waals surface area contributed by atoms with Crippen LogP contribution >= 0.6 is 0 Å². The number of nitrogens with zero attached hydrogens (tertiary/aromatic N) is 2. The molecule has 2 aliphatic heterocycles. The largest absolute Gasteiger partial charge is 0.444 e. The van der Waals surface area contributed by atoms with Gasteiger partial charge in [-0.15, -0.1) is 0 Å². The first kappa shape index (κ1) is 24.0. The van der Waals surface area contributed by atoms with E-state index < -0.39 is 17.7 Å². The van der Waals surface area contributed by atoms with Gasteiger partial charge >= 0.3 is 6.09 Å². The fraction of sp³-hybridized carbons (Fsp3) is 0.367. The van der Waals surface area contributed by atoms with Crippen molar-refractivity contribution < 1.29 is 19.1 Å². The van der Waals surface area contributed by atoms with Gasteiger partial charge in [0.1, 0.15) is 5.60 Å². The molecule has 0 N–H and O–H groups in total. The molecule has 2 heterocycles. The van der Waals surface area contributed by atoms with Crippen LogP contribution in [0.15, 0.2) is 60.7 Å². The molecule has 0 saturated carbocycles. The maximum Gasteiger partial charge on any atom is 0.410 e. The molecule has 3 aromatic rings. The fourth-order valence-corrected chi connectivity index (χ4v) is 5.29. The van der Waals surface area contributed by atoms with Crippen LogP contribution in [-0.4, -0.2) is 40.9 Å². The highest BCUT2D eigenvalue weighted by Crippen LogP contribution is 2.40. The topological polar surface area (TPSA) is 66.9 Å². The van der Waals surface area contributed by atoms with Crippen molar-refractivity contribution >= 4 is 34.2 Å². The molecule has 186 valence electrons. The molecule has 5 rings (SSSR count). The minimum atomic E-state index is -0.613. The highest BCUT2D eigenvalue weighted by Gasteiger charge is 2.35. The summed E-state index contributed by atoms with van der Waals surface area (Å²) in [6.45, 7) is 6.52. The number of piperidine rings is 1. The molecule has 0 spiro atoms. The summed E-state index contributed by atoms with van der Waals surface area (Å²) in [6.07, 6.45) is 2.19. The van der Waals surface area contributed by atoms with Gasteiger partial charge in [0.05, 0.1) is 18.3 Å². The van der Waals surface area contributed by atoms with E-state index in [-0.39, 0.29) is 18.1 Å². The van der Waals surface area contributed by atoms with Crippen LogP contribution < -0.4 is 4.90 Å². The van der Waals surface area contributed by atoms with E-state index in [0.29, 0.717) is 25.1 Å². The quantitative estimate of drug-likeness (QED) is 0.452. The fourth-order valence-electron chi connectivity index (χ4n) is 5.29. The summed E-state index contributed by atoms with van der Waals surface area (Å²) >= 11 is 0. The zero-order chi connectivity index (χ0) is 25.4. The van der Waals surface area contributed by atoms with Gasteiger partial charge in [-0.1, -0.05) is 48.5 Å². The molecular formula is C30H32N2O4. The first-order valence-electron chi connectivity index (χ1n) is 12.7. The van der Waals surface area contributed by atoms with Crippen LogP contribution in [0.4, 0.5) is 10.5 Å². The summed E-state index contributed by atoms with van der Waals surface area (Å²) in [7, 11) is 0. The van der Waals surface area contributed by atoms with Crippen molar-refractivity contribution in [3.05, 3.63) is 77.4 Å². The molecule has 0 bridgehead atoms. The van der Waals surface area contributed by atoms with Gasteiger partial charge in [0.15, 0.2) is 5.78 Å². The lowest BCUT2D eigenvalue weighted by Crippen LogP contribution is -2.50. The second-order valence-electron chi connectivity index (χ2n) is 10.7. The van der Waals surface area contributed by atoms with E-state index in [1.54, 1.807) is 4.90 Å². The Bertz CT molecular complexity index is 1330. The molecule has 6 nitrogen and oxygen atoms in total. The third-order valence-corrected chi connectivity index (χ3v) is 6.93. The summed E-state index contributed by atoms with van der Waals surface area (Å²) < 4.78 is 5.58. The maximum absolute atomic E-state index is 13.5. The third kappa shape index (κ3) is 4.60. The van der Waals surface area contributed by atoms with E-state index in [0.717, 1.165) is 40.4 Å². The number of benzene rings is 3. The second kappa shape index (κ2) is 9.41. The number of ketones is 1. The minimum Gasteiger partial charge on any atom is -0.444 e. The van der Waals surface area contributed by atoms with Crippen molar-refractivity contribution in [2.75, 3.05) is 11.4 Å². The molecule has 6 heteroatoms. The Labute approximate surface area is 211 Å². The first-order valence-corrected chi connectivity index (χ1v) is 12.7. The van der Waals surface area contributed by atoms with Crippen LogP contribution in [0.3, 0.4) is 0 Å². The molecule has 0 radical (unpaired) electrons. The number of amides is 2. The van der Waals surface area contributed by atoms with Gasteiger partial charge in [0.25, 0.3) is 5.91 Å². The number of likely N-dealkylation sites (tertiary alicyclic amines) is 1. The Balaban J connectivity index is 1.42. The average molecular weight is 485 g/mol. The van der Waals surface area contributed by atoms with Crippen molar-refractivity contribution in [3.8, 4) is 0 Å². The highest BCUT2D eigenvalue weighted by molar-refractivity contribution is 6.25. The lowest BCUT2D eigenvalue weighted by atomic mass is 9.92. The Morgan fingerprint density at radius 3 is 2.50 bits per heavy atom. The van der Waals surface area contributed by atoms with E-state index in [4.69, 9.17) is 4.74 Å². The van der Waals surface area contributed by atoms with Crippen LogP contribution in [0.5, 0.6) is 0 Å². The molecular weight excluding hydrogens is 452 g/mol. The van der Waals surface area contributed by atoms with Crippen molar-refractivity contribution in [1.82, 2.24) is 4.90 Å². The summed E-state index contributed by atoms with van der Waals surface area (Å²) in [5.41, 5.74) is 2.87. The lowest BCUT2D eigenvalue weighted by molar-refractivity contribution is -0.124. The molecule has 2 aliphatic rings. The zero-order valence-electron chi connectivity index (χ0n) is 21.1. The zero-order valence-corrected chi connectivity index (χ0v) is 21.1. The van der Waals surface area contributed by atoms with Gasteiger partial charge in [-0.2, -0.15) is 0 Å². The molecule has 1 unspecified atom stereocenters. The Morgan fingerprint density at radius 1 is 0.972 bits per heavy atom. The van der Waals surface area contributed by atoms with Gasteiger partial charge in [0, 0.05) is 23.9 Å². The smallest absolute Gasteiger partial charge is 0.410 e. The van der Waals surface area contributed by atoms with Gasteiger partial charge in [-0.05, 0) is 68.7 Å². The Kier molecular flexibility index (Phi) is 6.29. The molecule has 1 saturated heterocycles. The number of hydrogen-bond donors (Lipinski definition) is 0. The number of anilines is 1. The van der Waals surface area contributed by atoms with E-state index in [1.165, 1.54) is 0 Å². The number of Topliss-reactive ketones (excluding diaryl/α,β-unsaturated/α-hetero) is 1. The molecule has 36 heavy (non-hydrogen) atoms. The predicted molar refractivity (Wildman–Crippen MR) is 140 cm³/mol. The van der Waals surface area contributed by atoms with Crippen LogP contribution in [0.25, 0.3) is 10.8 Å². The van der Waals surface area contributed by atoms with Gasteiger partial charge in [-0.25, -0.2) is 4.79 Å². The number of rotatable bonds is 5. The SMILES string of the molecule is CC(C)(C)OC(=O)N1CCCCC1C(=O)Cc1ccc2c3c(cccc13)C(=O)N2Cc1ccccc1. The number of carbonyl (C=O) groups excluding carboxylic acids is 3. The van der Waals surface area contributed by atoms with Crippen LogP contribution in [0, 0.1) is 0 Å². The van der Waals surface area contributed by atoms with Crippen LogP contribution in [0.2, 0.25) is 0 Å². The van der Waals surface area contributed by atoms with Gasteiger partial charge in [0.2, 0.25) is 0 Å². The molecule has 3 aromatic carbocycles. The third-order valence-electron chi connectivity index (χ3n) is 6.93. The van der Waals surface area contributed by atoms with Crippen LogP contribution in [-0.2, 0) is 22.5 Å². The predicted octanol–water partition coefficient (Wildman–Crippen LogP) is 5.90. The first-order chi connectivity index (χ1) is 17.2. The van der Waals surface area contributed by atoms with Crippen molar-refractivity contribution in [1.29, 1.82) is 0 Å². The van der Waals surface area contributed by atoms with E-state index >= 15 is 0 Å². The standard InChI is InChI=1S/C30H32N2O4/c1-30(2,3)36-29(35)31-17-8-7-14-24(31)26(33)18-21-15-16-25-27-22(21)12-9-13-23(27)28(34)32(25)19-20-10-5-4-6-11-20/h4-6,9-13,15-16,24H,7-8,14,17-19H2,1-3H3. The molecule has 2 amide bonds. The van der Waals surface area contributed by atoms with E-state index in [2.05, 4.69) is 0 Å². The second-order valence-corrected chi connectivity index (χ2v) is 10.7. The molecule has 0 aliphatic carbocycles. The number of carbonyl (C=O) groups is 3. The van der Waals surface area contributed by atoms with Crippen molar-refractivity contribution in [2.45, 2.75) is 64.6 Å². The summed E-state index contributed by atoms with van der Waals surface area (Å²) in [4.78, 5) is 43.0. The van der Waals surface area contributed by atoms with Crippen molar-refractivity contribution in [2.24, 2.45) is 0 Å². The summed E-state index contributed by atoms with van der Waals surface area (Å²) in [5.74, 6) is -0.0157. The van der Waals surface area contributed by atoms with Crippen LogP contribution in [0.1, 0.15) is 61.5 Å². The van der Waals surface area contributed by atoms with Crippen molar-refractivity contribution in [3.63, 3.8) is 0 Å². The molecule has 1 atom stereocenters. The number of hydrogen-bond acceptors (Lipinski definition) is 4. The average Bonchev–Trinajstić information content (AvgIpc) is 3.12.